The molecule has 15 atom stereocenters. The minimum atomic E-state index is -2.46. The molecule has 0 aromatic carbocycles. The molecule has 1 unspecified atom stereocenters. The Morgan fingerprint density at radius 1 is 0.833 bits per heavy atom. The van der Waals surface area contributed by atoms with Gasteiger partial charge in [0, 0.05) is 71.3 Å². The predicted octanol–water partition coefficient (Wildman–Crippen LogP) is 16.6. The van der Waals surface area contributed by atoms with E-state index in [4.69, 9.17) is 65.5 Å². The molecule has 502 valence electrons. The average Bonchev–Trinajstić information content (AvgIpc) is 0.946. The predicted molar refractivity (Wildman–Crippen MR) is 365 cm³/mol. The van der Waals surface area contributed by atoms with Crippen LogP contribution >= 0.6 is 0 Å². The van der Waals surface area contributed by atoms with Gasteiger partial charge in [-0.05, 0) is 98.4 Å². The topological polar surface area (TPSA) is 161 Å². The second kappa shape index (κ2) is 31.6. The van der Waals surface area contributed by atoms with Gasteiger partial charge in [0.05, 0.1) is 67.5 Å². The third-order valence-corrected chi connectivity index (χ3v) is 31.4. The molecule has 7 rings (SSSR count). The molecule has 0 amide bonds. The largest absolute Gasteiger partial charge is 0.458 e. The van der Waals surface area contributed by atoms with Gasteiger partial charge in [-0.25, -0.2) is 14.8 Å². The van der Waals surface area contributed by atoms with Crippen molar-refractivity contribution in [1.29, 1.82) is 0 Å². The lowest BCUT2D eigenvalue weighted by Crippen LogP contribution is -2.57. The third kappa shape index (κ3) is 19.4. The van der Waals surface area contributed by atoms with Crippen LogP contribution in [0.25, 0.3) is 12.2 Å². The van der Waals surface area contributed by atoms with Gasteiger partial charge < -0.3 is 55.6 Å². The smallest absolute Gasteiger partial charge is 0.330 e. The molecule has 5 aliphatic rings. The van der Waals surface area contributed by atoms with Crippen LogP contribution in [0.1, 0.15) is 183 Å². The summed E-state index contributed by atoms with van der Waals surface area (Å²) in [5.41, 5.74) is 8.92. The number of rotatable bonds is 19. The molecule has 0 radical (unpaired) electrons. The van der Waals surface area contributed by atoms with Gasteiger partial charge in [-0.15, -0.1) is 11.5 Å². The van der Waals surface area contributed by atoms with E-state index >= 15 is 0 Å². The molecular weight excluding hydrogens is 1190 g/mol. The van der Waals surface area contributed by atoms with Crippen molar-refractivity contribution in [3.05, 3.63) is 95.4 Å². The van der Waals surface area contributed by atoms with Crippen molar-refractivity contribution in [1.82, 2.24) is 9.97 Å². The zero-order valence-electron chi connectivity index (χ0n) is 58.8. The highest BCUT2D eigenvalue weighted by Crippen LogP contribution is 2.47. The maximum Gasteiger partial charge on any atom is 0.330 e. The number of aromatic nitrogens is 2. The van der Waals surface area contributed by atoms with Gasteiger partial charge in [-0.3, -0.25) is 0 Å². The molecule has 18 heteroatoms. The number of nitrogens with zero attached hydrogens (tertiary/aromatic N) is 2. The maximum absolute atomic E-state index is 13.9. The van der Waals surface area contributed by atoms with Gasteiger partial charge in [0.25, 0.3) is 0 Å². The average molecular weight is 1300 g/mol. The molecule has 0 N–H and O–H groups in total. The van der Waals surface area contributed by atoms with E-state index in [-0.39, 0.29) is 72.1 Å². The Morgan fingerprint density at radius 2 is 1.53 bits per heavy atom. The van der Waals surface area contributed by atoms with Crippen LogP contribution in [0.4, 0.5) is 0 Å². The summed E-state index contributed by atoms with van der Waals surface area (Å²) in [5, 5.41) is 0.0525. The van der Waals surface area contributed by atoms with Crippen molar-refractivity contribution >= 4 is 42.8 Å². The normalized spacial score (nSPS) is 31.2. The van der Waals surface area contributed by atoms with Crippen molar-refractivity contribution in [2.75, 3.05) is 21.3 Å². The first-order chi connectivity index (χ1) is 42.3. The number of ether oxygens (including phenoxy) is 8. The summed E-state index contributed by atoms with van der Waals surface area (Å²) in [6.07, 6.45) is 22.7. The Balaban J connectivity index is 1.14. The lowest BCUT2D eigenvalue weighted by atomic mass is 9.79. The molecule has 90 heavy (non-hydrogen) atoms. The fraction of sp³-hybridized carbons (Fsp3) is 0.708. The standard InChI is InChI=1S/C72H114N2O13Si3/c1-46(2)90(47(3)4,48(5)6)87-65(36-49(7)31-32-55(76-15)27-25-33-88(18,19)20)64-41-60(77-16)42-72(78-17,85-64)43-67-73-54(44-79-67)37-51(9)69-53(11)70-52(10)62(83-69)28-24-29-66-74-61(45-80-66)63-40-59(86-89(21,22)71(12,13)14)39-58(82-63)38-57-35-50(8)34-56(81-57)26-23-30-68(75)84-70/h23-24,29-32,36-37,44-48,52-53,55-60,62-65,69-70H,8,26-28,34-35,38-43H2,1-7,9-22H3/b29-24+,30-23-,32-31+,49-36+,51-37+/t52-,53-,55+,56-,57+,58+,59+,60+,62+,63+,64+,65+,69?,70-,72-/m0/s1. The molecule has 0 saturated carbocycles. The first-order valence-corrected chi connectivity index (χ1v) is 42.1. The third-order valence-electron chi connectivity index (χ3n) is 19.8. The number of allylic oxidation sites excluding steroid dienone is 2. The summed E-state index contributed by atoms with van der Waals surface area (Å²) in [6, 6.07) is 0. The van der Waals surface area contributed by atoms with Gasteiger partial charge in [-0.2, -0.15) is 0 Å². The van der Waals surface area contributed by atoms with E-state index in [1.165, 1.54) is 0 Å². The molecule has 0 aliphatic carbocycles. The highest BCUT2D eigenvalue weighted by atomic mass is 28.4. The zero-order valence-corrected chi connectivity index (χ0v) is 61.8. The minimum absolute atomic E-state index is 0.00393. The van der Waals surface area contributed by atoms with Crippen LogP contribution in [0.2, 0.25) is 54.4 Å². The first-order valence-electron chi connectivity index (χ1n) is 33.5. The van der Waals surface area contributed by atoms with Gasteiger partial charge in [0.15, 0.2) is 20.0 Å². The van der Waals surface area contributed by atoms with Crippen LogP contribution < -0.4 is 0 Å². The van der Waals surface area contributed by atoms with Gasteiger partial charge in [0.2, 0.25) is 14.2 Å². The molecule has 0 spiro atoms. The number of esters is 1. The second-order valence-electron chi connectivity index (χ2n) is 30.1. The summed E-state index contributed by atoms with van der Waals surface area (Å²) in [7, 11) is -0.923. The van der Waals surface area contributed by atoms with Gasteiger partial charge in [-0.1, -0.05) is 144 Å². The highest BCUT2D eigenvalue weighted by Gasteiger charge is 2.52. The van der Waals surface area contributed by atoms with Crippen LogP contribution in [-0.4, -0.2) is 135 Å². The van der Waals surface area contributed by atoms with Crippen LogP contribution in [0, 0.1) is 23.3 Å². The number of oxazole rings is 2. The minimum Gasteiger partial charge on any atom is -0.458 e. The van der Waals surface area contributed by atoms with E-state index in [0.717, 1.165) is 41.7 Å². The Bertz CT molecular complexity index is 2880. The van der Waals surface area contributed by atoms with Gasteiger partial charge >= 0.3 is 5.97 Å². The summed E-state index contributed by atoms with van der Waals surface area (Å²) >= 11 is 0. The molecule has 4 fully saturated rings. The lowest BCUT2D eigenvalue weighted by Gasteiger charge is -2.49. The SMILES string of the molecule is C=C1C[C@@H]2C[C@@H]3C[C@@H](O[Si](C)(C)C(C)(C)C)C[C@@H](O3)c3coc(n3)/C=C/C[C@H]3OC(/C(C)=C/c4coc(C[C@]5(OC)C[C@H](OC)C[C@H]([C@@H](/C=C(C)/C=C/[C@@H](CC#C[Si](C)(C)C)OC)O[Si](C(C)C)(C(C)C)C(C)C)O5)n4)[C@H](C)[C@@H](OC(=O)/C=C\C[C@@H](C1)O2)[C@H]3C. The number of fused-ring (bicyclic) bond motifs is 9. The maximum atomic E-state index is 13.9. The van der Waals surface area contributed by atoms with Gasteiger partial charge in [0.1, 0.15) is 44.2 Å². The Kier molecular flexibility index (Phi) is 25.8. The fourth-order valence-corrected chi connectivity index (χ4v) is 21.7. The Hall–Kier alpha value is -3.82. The number of hydrogen-bond donors (Lipinski definition) is 0. The van der Waals surface area contributed by atoms with Crippen LogP contribution in [-0.2, 0) is 58.0 Å². The van der Waals surface area contributed by atoms with Crippen LogP contribution in [0.3, 0.4) is 0 Å². The fourth-order valence-electron chi connectivity index (χ4n) is 14.2. The molecular formula is C72H114N2O13Si3. The Morgan fingerprint density at radius 3 is 2.19 bits per heavy atom. The first kappa shape index (κ1) is 73.6. The molecule has 7 heterocycles. The Labute approximate surface area is 544 Å². The van der Waals surface area contributed by atoms with E-state index < -0.39 is 60.9 Å². The van der Waals surface area contributed by atoms with E-state index in [9.17, 15) is 4.79 Å². The quantitative estimate of drug-likeness (QED) is 0.0429. The summed E-state index contributed by atoms with van der Waals surface area (Å²) in [4.78, 5) is 24.0. The zero-order chi connectivity index (χ0) is 66.1. The molecule has 2 aromatic heterocycles. The van der Waals surface area contributed by atoms with E-state index in [2.05, 4.69) is 152 Å². The molecule has 15 nitrogen and oxygen atoms in total. The molecule has 2 aromatic rings. The van der Waals surface area contributed by atoms with Crippen LogP contribution in [0.15, 0.2) is 81.1 Å². The highest BCUT2D eigenvalue weighted by molar-refractivity contribution is 6.83. The van der Waals surface area contributed by atoms with Crippen LogP contribution in [0.5, 0.6) is 0 Å². The summed E-state index contributed by atoms with van der Waals surface area (Å²) < 4.78 is 80.2. The van der Waals surface area contributed by atoms with Crippen molar-refractivity contribution in [2.45, 2.75) is 294 Å². The monoisotopic (exact) mass is 1300 g/mol. The number of hydrogen-bond acceptors (Lipinski definition) is 15. The van der Waals surface area contributed by atoms with Crippen molar-refractivity contribution < 1.29 is 60.4 Å². The van der Waals surface area contributed by atoms with E-state index in [0.29, 0.717) is 79.0 Å². The van der Waals surface area contributed by atoms with Crippen molar-refractivity contribution in [3.63, 3.8) is 0 Å². The van der Waals surface area contributed by atoms with Crippen molar-refractivity contribution in [3.8, 4) is 11.5 Å². The summed E-state index contributed by atoms with van der Waals surface area (Å²) in [5.74, 6) is 2.37. The number of carbonyl (C=O) groups is 1. The lowest BCUT2D eigenvalue weighted by molar-refractivity contribution is -0.297. The number of carbonyl (C=O) groups excluding carboxylic acids is 1. The molecule has 4 saturated heterocycles. The molecule has 8 bridgehead atoms. The van der Waals surface area contributed by atoms with Crippen molar-refractivity contribution in [2.24, 2.45) is 11.8 Å². The number of methoxy groups -OCH3 is 3. The second-order valence-corrected chi connectivity index (χ2v) is 45.0. The molecule has 5 aliphatic heterocycles. The van der Waals surface area contributed by atoms with E-state index in [1.807, 2.05) is 31.2 Å². The van der Waals surface area contributed by atoms with E-state index in [1.54, 1.807) is 39.9 Å². The summed E-state index contributed by atoms with van der Waals surface area (Å²) in [6.45, 7) is 44.8.